The molecule has 1 atom stereocenters. The molecule has 1 aromatic heterocycles. The number of piperazine rings is 1. The zero-order valence-corrected chi connectivity index (χ0v) is 11.7. The van der Waals surface area contributed by atoms with E-state index in [1.54, 1.807) is 0 Å². The number of nitrogens with one attached hydrogen (secondary N) is 2. The van der Waals surface area contributed by atoms with Crippen molar-refractivity contribution in [1.29, 1.82) is 0 Å². The highest BCUT2D eigenvalue weighted by Gasteiger charge is 2.25. The van der Waals surface area contributed by atoms with Gasteiger partial charge in [-0.15, -0.1) is 0 Å². The molecule has 0 aliphatic carbocycles. The van der Waals surface area contributed by atoms with Gasteiger partial charge >= 0.3 is 0 Å². The van der Waals surface area contributed by atoms with E-state index in [1.807, 2.05) is 26.8 Å². The van der Waals surface area contributed by atoms with Gasteiger partial charge < -0.3 is 10.6 Å². The van der Waals surface area contributed by atoms with Crippen LogP contribution in [0.5, 0.6) is 0 Å². The molecule has 0 saturated carbocycles. The summed E-state index contributed by atoms with van der Waals surface area (Å²) in [5.74, 6) is 1.68. The third-order valence-corrected chi connectivity index (χ3v) is 3.23. The molecule has 19 heavy (non-hydrogen) atoms. The molecule has 1 unspecified atom stereocenters. The fourth-order valence-electron chi connectivity index (χ4n) is 2.20. The lowest BCUT2D eigenvalue weighted by atomic mass is 10.2. The Balaban J connectivity index is 2.11. The zero-order valence-electron chi connectivity index (χ0n) is 11.7. The summed E-state index contributed by atoms with van der Waals surface area (Å²) < 4.78 is 0. The summed E-state index contributed by atoms with van der Waals surface area (Å²) in [6.07, 6.45) is 0. The number of nitrogens with zero attached hydrogens (tertiary/aromatic N) is 3. The highest BCUT2D eigenvalue weighted by molar-refractivity contribution is 5.81. The van der Waals surface area contributed by atoms with Crippen LogP contribution < -0.4 is 10.6 Å². The van der Waals surface area contributed by atoms with Crippen LogP contribution in [0.3, 0.4) is 0 Å². The summed E-state index contributed by atoms with van der Waals surface area (Å²) in [6.45, 7) is 8.87. The fraction of sp³-hybridized carbons (Fsp3) is 0.615. The molecule has 0 radical (unpaired) electrons. The molecule has 6 heteroatoms. The number of rotatable bonds is 4. The Labute approximate surface area is 113 Å². The number of carbonyl (C=O) groups excluding carboxylic acids is 1. The second kappa shape index (κ2) is 5.97. The molecule has 0 aromatic carbocycles. The van der Waals surface area contributed by atoms with E-state index >= 15 is 0 Å². The van der Waals surface area contributed by atoms with E-state index in [4.69, 9.17) is 0 Å². The lowest BCUT2D eigenvalue weighted by Crippen LogP contribution is -2.53. The largest absolute Gasteiger partial charge is 0.370 e. The molecule has 1 saturated heterocycles. The quantitative estimate of drug-likeness (QED) is 0.829. The van der Waals surface area contributed by atoms with Gasteiger partial charge in [0.2, 0.25) is 5.91 Å². The Kier molecular flexibility index (Phi) is 4.31. The molecule has 0 bridgehead atoms. The number of aryl methyl sites for hydroxylation is 1. The molecular weight excluding hydrogens is 242 g/mol. The SMILES string of the molecule is CCNc1cc(C)nc(CN2CCNC(=O)C2C)n1. The third kappa shape index (κ3) is 3.41. The molecule has 1 aliphatic heterocycles. The first kappa shape index (κ1) is 13.7. The number of hydrogen-bond donors (Lipinski definition) is 2. The topological polar surface area (TPSA) is 70.2 Å². The van der Waals surface area contributed by atoms with Gasteiger partial charge in [0, 0.05) is 31.4 Å². The fourth-order valence-corrected chi connectivity index (χ4v) is 2.20. The van der Waals surface area contributed by atoms with Crippen molar-refractivity contribution >= 4 is 11.7 Å². The molecule has 104 valence electrons. The average molecular weight is 263 g/mol. The van der Waals surface area contributed by atoms with Crippen molar-refractivity contribution in [2.45, 2.75) is 33.4 Å². The Bertz CT molecular complexity index is 462. The molecule has 1 aromatic rings. The molecule has 1 fully saturated rings. The predicted molar refractivity (Wildman–Crippen MR) is 73.8 cm³/mol. The summed E-state index contributed by atoms with van der Waals surface area (Å²) >= 11 is 0. The van der Waals surface area contributed by atoms with Gasteiger partial charge in [0.1, 0.15) is 11.6 Å². The first-order valence-electron chi connectivity index (χ1n) is 6.70. The first-order chi connectivity index (χ1) is 9.10. The van der Waals surface area contributed by atoms with Gasteiger partial charge in [-0.3, -0.25) is 9.69 Å². The van der Waals surface area contributed by atoms with E-state index in [-0.39, 0.29) is 11.9 Å². The van der Waals surface area contributed by atoms with Gasteiger partial charge in [-0.1, -0.05) is 0 Å². The minimum absolute atomic E-state index is 0.0748. The van der Waals surface area contributed by atoms with E-state index < -0.39 is 0 Å². The van der Waals surface area contributed by atoms with E-state index in [9.17, 15) is 4.79 Å². The monoisotopic (exact) mass is 263 g/mol. The van der Waals surface area contributed by atoms with Crippen molar-refractivity contribution < 1.29 is 4.79 Å². The molecule has 6 nitrogen and oxygen atoms in total. The summed E-state index contributed by atoms with van der Waals surface area (Å²) in [6, 6.07) is 1.81. The normalized spacial score (nSPS) is 20.2. The van der Waals surface area contributed by atoms with Crippen molar-refractivity contribution in [2.75, 3.05) is 25.0 Å². The second-order valence-electron chi connectivity index (χ2n) is 4.78. The van der Waals surface area contributed by atoms with Crippen LogP contribution in [0.4, 0.5) is 5.82 Å². The number of carbonyl (C=O) groups is 1. The van der Waals surface area contributed by atoms with Crippen LogP contribution in [0.2, 0.25) is 0 Å². The van der Waals surface area contributed by atoms with E-state index in [1.165, 1.54) is 0 Å². The standard InChI is InChI=1S/C13H21N5O/c1-4-14-11-7-9(2)16-12(17-11)8-18-6-5-15-13(19)10(18)3/h7,10H,4-6,8H2,1-3H3,(H,15,19)(H,14,16,17). The molecule has 1 amide bonds. The maximum absolute atomic E-state index is 11.6. The Morgan fingerprint density at radius 2 is 2.32 bits per heavy atom. The van der Waals surface area contributed by atoms with Crippen LogP contribution in [0.25, 0.3) is 0 Å². The maximum atomic E-state index is 11.6. The molecule has 2 N–H and O–H groups in total. The highest BCUT2D eigenvalue weighted by Crippen LogP contribution is 2.11. The summed E-state index contributed by atoms with van der Waals surface area (Å²) in [5, 5.41) is 6.05. The zero-order chi connectivity index (χ0) is 13.8. The molecular formula is C13H21N5O. The summed E-state index contributed by atoms with van der Waals surface area (Å²) in [4.78, 5) is 22.7. The van der Waals surface area contributed by atoms with E-state index in [0.29, 0.717) is 13.1 Å². The van der Waals surface area contributed by atoms with Gasteiger partial charge in [-0.2, -0.15) is 0 Å². The van der Waals surface area contributed by atoms with Gasteiger partial charge in [0.15, 0.2) is 0 Å². The minimum Gasteiger partial charge on any atom is -0.370 e. The molecule has 2 rings (SSSR count). The van der Waals surface area contributed by atoms with Gasteiger partial charge in [-0.05, 0) is 20.8 Å². The minimum atomic E-state index is -0.125. The van der Waals surface area contributed by atoms with Gasteiger partial charge in [0.05, 0.1) is 12.6 Å². The van der Waals surface area contributed by atoms with Crippen molar-refractivity contribution in [2.24, 2.45) is 0 Å². The smallest absolute Gasteiger partial charge is 0.237 e. The molecule has 2 heterocycles. The predicted octanol–water partition coefficient (Wildman–Crippen LogP) is 0.537. The van der Waals surface area contributed by atoms with E-state index in [0.717, 1.165) is 30.4 Å². The van der Waals surface area contributed by atoms with E-state index in [2.05, 4.69) is 25.5 Å². The van der Waals surface area contributed by atoms with Crippen molar-refractivity contribution in [1.82, 2.24) is 20.2 Å². The van der Waals surface area contributed by atoms with Gasteiger partial charge in [-0.25, -0.2) is 9.97 Å². The number of anilines is 1. The van der Waals surface area contributed by atoms with Crippen LogP contribution in [-0.4, -0.2) is 46.5 Å². The van der Waals surface area contributed by atoms with Crippen molar-refractivity contribution in [3.8, 4) is 0 Å². The third-order valence-electron chi connectivity index (χ3n) is 3.23. The Hall–Kier alpha value is -1.69. The highest BCUT2D eigenvalue weighted by atomic mass is 16.2. The van der Waals surface area contributed by atoms with Crippen LogP contribution in [0, 0.1) is 6.92 Å². The van der Waals surface area contributed by atoms with Gasteiger partial charge in [0.25, 0.3) is 0 Å². The summed E-state index contributed by atoms with van der Waals surface area (Å²) in [7, 11) is 0. The first-order valence-corrected chi connectivity index (χ1v) is 6.70. The maximum Gasteiger partial charge on any atom is 0.237 e. The molecule has 1 aliphatic rings. The van der Waals surface area contributed by atoms with Crippen molar-refractivity contribution in [3.63, 3.8) is 0 Å². The van der Waals surface area contributed by atoms with Crippen LogP contribution >= 0.6 is 0 Å². The Morgan fingerprint density at radius 3 is 3.05 bits per heavy atom. The second-order valence-corrected chi connectivity index (χ2v) is 4.78. The lowest BCUT2D eigenvalue weighted by Gasteiger charge is -2.32. The number of amides is 1. The Morgan fingerprint density at radius 1 is 1.53 bits per heavy atom. The number of aromatic nitrogens is 2. The molecule has 0 spiro atoms. The summed E-state index contributed by atoms with van der Waals surface area (Å²) in [5.41, 5.74) is 0.940. The number of hydrogen-bond acceptors (Lipinski definition) is 5. The average Bonchev–Trinajstić information content (AvgIpc) is 2.35. The van der Waals surface area contributed by atoms with Crippen molar-refractivity contribution in [3.05, 3.63) is 17.6 Å². The van der Waals surface area contributed by atoms with Crippen LogP contribution in [-0.2, 0) is 11.3 Å². The van der Waals surface area contributed by atoms with Crippen LogP contribution in [0.1, 0.15) is 25.4 Å². The lowest BCUT2D eigenvalue weighted by molar-refractivity contribution is -0.128. The van der Waals surface area contributed by atoms with Crippen LogP contribution in [0.15, 0.2) is 6.07 Å².